The molecular formula is C9H15NO3. The molecule has 0 aliphatic carbocycles. The zero-order chi connectivity index (χ0) is 9.68. The summed E-state index contributed by atoms with van der Waals surface area (Å²) in [6, 6.07) is 0. The third-order valence-corrected chi connectivity index (χ3v) is 1.98. The minimum Gasteiger partial charge on any atom is -0.368 e. The summed E-state index contributed by atoms with van der Waals surface area (Å²) in [4.78, 5) is 21.9. The topological polar surface area (TPSA) is 55.4 Å². The van der Waals surface area contributed by atoms with E-state index < -0.39 is 0 Å². The molecule has 1 amide bonds. The number of Topliss-reactive ketones (excluding diaryl/α,β-unsaturated/α-hetero) is 1. The van der Waals surface area contributed by atoms with Crippen LogP contribution >= 0.6 is 0 Å². The van der Waals surface area contributed by atoms with Crippen LogP contribution in [-0.2, 0) is 14.3 Å². The first-order valence-electron chi connectivity index (χ1n) is 4.59. The summed E-state index contributed by atoms with van der Waals surface area (Å²) in [7, 11) is 0. The monoisotopic (exact) mass is 185 g/mol. The van der Waals surface area contributed by atoms with Crippen LogP contribution < -0.4 is 5.32 Å². The minimum absolute atomic E-state index is 0.0378. The maximum atomic E-state index is 11.3. The van der Waals surface area contributed by atoms with Crippen LogP contribution in [0.15, 0.2) is 0 Å². The highest BCUT2D eigenvalue weighted by Gasteiger charge is 2.21. The molecule has 13 heavy (non-hydrogen) atoms. The number of carbonyl (C=O) groups is 2. The van der Waals surface area contributed by atoms with E-state index in [1.54, 1.807) is 0 Å². The van der Waals surface area contributed by atoms with Crippen LogP contribution in [0.4, 0.5) is 0 Å². The number of amides is 1. The Bertz CT molecular complexity index is 197. The third-order valence-electron chi connectivity index (χ3n) is 1.98. The second-order valence-electron chi connectivity index (χ2n) is 3.28. The van der Waals surface area contributed by atoms with Gasteiger partial charge in [-0.2, -0.15) is 0 Å². The van der Waals surface area contributed by atoms with Crippen LogP contribution in [0.3, 0.4) is 0 Å². The maximum absolute atomic E-state index is 11.3. The lowest BCUT2D eigenvalue weighted by molar-refractivity contribution is -0.136. The second kappa shape index (κ2) is 4.97. The van der Waals surface area contributed by atoms with Crippen molar-refractivity contribution in [1.82, 2.24) is 5.32 Å². The summed E-state index contributed by atoms with van der Waals surface area (Å²) in [5.74, 6) is -0.195. The summed E-state index contributed by atoms with van der Waals surface area (Å²) in [6.45, 7) is 2.21. The van der Waals surface area contributed by atoms with Gasteiger partial charge in [-0.1, -0.05) is 0 Å². The number of nitrogens with one attached hydrogen (secondary N) is 1. The number of carbonyl (C=O) groups excluding carboxylic acids is 2. The molecule has 1 rings (SSSR count). The molecule has 1 fully saturated rings. The normalized spacial score (nSPS) is 22.4. The Morgan fingerprint density at radius 3 is 2.77 bits per heavy atom. The quantitative estimate of drug-likeness (QED) is 0.686. The van der Waals surface area contributed by atoms with Crippen molar-refractivity contribution in [1.29, 1.82) is 0 Å². The van der Waals surface area contributed by atoms with Crippen molar-refractivity contribution < 1.29 is 14.3 Å². The SMILES string of the molecule is CC(=O)CNC(=O)C1CCCCO1. The first-order chi connectivity index (χ1) is 6.20. The van der Waals surface area contributed by atoms with E-state index in [1.165, 1.54) is 6.92 Å². The molecule has 0 spiro atoms. The number of hydrogen-bond donors (Lipinski definition) is 1. The molecule has 0 aromatic heterocycles. The van der Waals surface area contributed by atoms with Crippen molar-refractivity contribution in [2.75, 3.05) is 13.2 Å². The smallest absolute Gasteiger partial charge is 0.249 e. The first-order valence-corrected chi connectivity index (χ1v) is 4.59. The molecule has 1 aliphatic heterocycles. The molecule has 0 saturated carbocycles. The van der Waals surface area contributed by atoms with Crippen molar-refractivity contribution in [2.24, 2.45) is 0 Å². The Balaban J connectivity index is 2.25. The molecule has 1 saturated heterocycles. The molecule has 1 N–H and O–H groups in total. The van der Waals surface area contributed by atoms with E-state index in [-0.39, 0.29) is 24.3 Å². The van der Waals surface area contributed by atoms with Crippen LogP contribution in [0.2, 0.25) is 0 Å². The Hall–Kier alpha value is -0.900. The van der Waals surface area contributed by atoms with Crippen molar-refractivity contribution in [3.8, 4) is 0 Å². The summed E-state index contributed by atoms with van der Waals surface area (Å²) in [5, 5.41) is 2.54. The fourth-order valence-corrected chi connectivity index (χ4v) is 1.27. The predicted octanol–water partition coefficient (Wildman–Crippen LogP) is 0.261. The maximum Gasteiger partial charge on any atom is 0.249 e. The van der Waals surface area contributed by atoms with Gasteiger partial charge in [0.25, 0.3) is 0 Å². The molecule has 74 valence electrons. The standard InChI is InChI=1S/C9H15NO3/c1-7(11)6-10-9(12)8-4-2-3-5-13-8/h8H,2-6H2,1H3,(H,10,12). The Morgan fingerprint density at radius 2 is 2.23 bits per heavy atom. The van der Waals surface area contributed by atoms with Gasteiger partial charge in [-0.15, -0.1) is 0 Å². The Labute approximate surface area is 77.6 Å². The molecule has 1 unspecified atom stereocenters. The number of hydrogen-bond acceptors (Lipinski definition) is 3. The van der Waals surface area contributed by atoms with Gasteiger partial charge < -0.3 is 10.1 Å². The highest BCUT2D eigenvalue weighted by Crippen LogP contribution is 2.12. The van der Waals surface area contributed by atoms with E-state index in [2.05, 4.69) is 5.32 Å². The van der Waals surface area contributed by atoms with E-state index >= 15 is 0 Å². The fraction of sp³-hybridized carbons (Fsp3) is 0.778. The van der Waals surface area contributed by atoms with Crippen LogP contribution in [0.5, 0.6) is 0 Å². The van der Waals surface area contributed by atoms with E-state index in [0.29, 0.717) is 6.61 Å². The van der Waals surface area contributed by atoms with Crippen LogP contribution in [0, 0.1) is 0 Å². The van der Waals surface area contributed by atoms with E-state index in [4.69, 9.17) is 4.74 Å². The minimum atomic E-state index is -0.340. The molecule has 0 aromatic rings. The van der Waals surface area contributed by atoms with E-state index in [9.17, 15) is 9.59 Å². The van der Waals surface area contributed by atoms with Gasteiger partial charge in [-0.05, 0) is 26.2 Å². The average Bonchev–Trinajstić information content (AvgIpc) is 2.15. The van der Waals surface area contributed by atoms with Crippen molar-refractivity contribution in [3.05, 3.63) is 0 Å². The van der Waals surface area contributed by atoms with Crippen LogP contribution in [-0.4, -0.2) is 30.9 Å². The van der Waals surface area contributed by atoms with Crippen molar-refractivity contribution >= 4 is 11.7 Å². The molecule has 0 bridgehead atoms. The number of ketones is 1. The molecular weight excluding hydrogens is 170 g/mol. The summed E-state index contributed by atoms with van der Waals surface area (Å²) in [5.41, 5.74) is 0. The largest absolute Gasteiger partial charge is 0.368 e. The van der Waals surface area contributed by atoms with Gasteiger partial charge in [-0.3, -0.25) is 9.59 Å². The molecule has 0 aromatic carbocycles. The van der Waals surface area contributed by atoms with Gasteiger partial charge in [0.1, 0.15) is 11.9 Å². The van der Waals surface area contributed by atoms with E-state index in [1.807, 2.05) is 0 Å². The second-order valence-corrected chi connectivity index (χ2v) is 3.28. The van der Waals surface area contributed by atoms with Crippen LogP contribution in [0.1, 0.15) is 26.2 Å². The Kier molecular flexibility index (Phi) is 3.89. The molecule has 4 heteroatoms. The lowest BCUT2D eigenvalue weighted by Gasteiger charge is -2.21. The zero-order valence-electron chi connectivity index (χ0n) is 7.84. The van der Waals surface area contributed by atoms with Gasteiger partial charge in [0, 0.05) is 6.61 Å². The van der Waals surface area contributed by atoms with Crippen molar-refractivity contribution in [3.63, 3.8) is 0 Å². The predicted molar refractivity (Wildman–Crippen MR) is 47.3 cm³/mol. The molecule has 0 radical (unpaired) electrons. The molecule has 4 nitrogen and oxygen atoms in total. The first kappa shape index (κ1) is 10.2. The van der Waals surface area contributed by atoms with Crippen molar-refractivity contribution in [2.45, 2.75) is 32.3 Å². The number of rotatable bonds is 3. The summed E-state index contributed by atoms with van der Waals surface area (Å²) in [6.07, 6.45) is 2.48. The summed E-state index contributed by atoms with van der Waals surface area (Å²) >= 11 is 0. The van der Waals surface area contributed by atoms with Gasteiger partial charge in [0.05, 0.1) is 6.54 Å². The zero-order valence-corrected chi connectivity index (χ0v) is 7.84. The molecule has 1 aliphatic rings. The van der Waals surface area contributed by atoms with Gasteiger partial charge in [-0.25, -0.2) is 0 Å². The van der Waals surface area contributed by atoms with E-state index in [0.717, 1.165) is 19.3 Å². The lowest BCUT2D eigenvalue weighted by Crippen LogP contribution is -2.40. The van der Waals surface area contributed by atoms with Gasteiger partial charge in [0.2, 0.25) is 5.91 Å². The average molecular weight is 185 g/mol. The Morgan fingerprint density at radius 1 is 1.46 bits per heavy atom. The van der Waals surface area contributed by atoms with Gasteiger partial charge >= 0.3 is 0 Å². The highest BCUT2D eigenvalue weighted by atomic mass is 16.5. The lowest BCUT2D eigenvalue weighted by atomic mass is 10.1. The third kappa shape index (κ3) is 3.55. The van der Waals surface area contributed by atoms with Gasteiger partial charge in [0.15, 0.2) is 0 Å². The molecule has 1 heterocycles. The van der Waals surface area contributed by atoms with Crippen LogP contribution in [0.25, 0.3) is 0 Å². The highest BCUT2D eigenvalue weighted by molar-refractivity contribution is 5.86. The molecule has 1 atom stereocenters. The number of ether oxygens (including phenoxy) is 1. The fourth-order valence-electron chi connectivity index (χ4n) is 1.27. The summed E-state index contributed by atoms with van der Waals surface area (Å²) < 4.78 is 5.25.